The van der Waals surface area contributed by atoms with Crippen molar-refractivity contribution in [3.05, 3.63) is 217 Å². The number of aromatic nitrogens is 1. The fraction of sp³-hybridized carbons (Fsp3) is 0.0909. The Morgan fingerprint density at radius 2 is 1.14 bits per heavy atom. The van der Waals surface area contributed by atoms with E-state index in [2.05, 4.69) is 230 Å². The molecule has 2 atom stereocenters. The molecule has 2 aliphatic carbocycles. The lowest BCUT2D eigenvalue weighted by Gasteiger charge is -2.30. The highest BCUT2D eigenvalue weighted by molar-refractivity contribution is 6.10. The van der Waals surface area contributed by atoms with Gasteiger partial charge < -0.3 is 9.47 Å². The van der Waals surface area contributed by atoms with Crippen LogP contribution < -0.4 is 4.90 Å². The first-order chi connectivity index (χ1) is 28.1. The van der Waals surface area contributed by atoms with Crippen molar-refractivity contribution in [3.8, 4) is 27.9 Å². The molecule has 2 unspecified atom stereocenters. The third-order valence-corrected chi connectivity index (χ3v) is 12.7. The van der Waals surface area contributed by atoms with Crippen molar-refractivity contribution in [2.45, 2.75) is 25.2 Å². The Morgan fingerprint density at radius 1 is 0.509 bits per heavy atom. The second-order valence-electron chi connectivity index (χ2n) is 16.1. The molecule has 2 aliphatic rings. The predicted molar refractivity (Wildman–Crippen MR) is 241 cm³/mol. The number of hydrogen-bond donors (Lipinski definition) is 0. The minimum absolute atomic E-state index is 0.0498. The molecule has 9 aromatic rings. The maximum Gasteiger partial charge on any atom is 0.0546 e. The van der Waals surface area contributed by atoms with E-state index in [1.807, 2.05) is 0 Å². The zero-order valence-electron chi connectivity index (χ0n) is 32.2. The van der Waals surface area contributed by atoms with Gasteiger partial charge in [-0.15, -0.1) is 0 Å². The molecule has 1 aromatic heterocycles. The van der Waals surface area contributed by atoms with Gasteiger partial charge in [0.1, 0.15) is 0 Å². The van der Waals surface area contributed by atoms with Crippen LogP contribution in [0.25, 0.3) is 60.5 Å². The molecule has 11 rings (SSSR count). The van der Waals surface area contributed by atoms with Crippen LogP contribution in [0.3, 0.4) is 0 Å². The molecule has 0 amide bonds. The van der Waals surface area contributed by atoms with Crippen molar-refractivity contribution in [1.29, 1.82) is 0 Å². The van der Waals surface area contributed by atoms with Crippen LogP contribution in [0.1, 0.15) is 30.9 Å². The number of para-hydroxylation sites is 3. The molecule has 0 bridgehead atoms. The van der Waals surface area contributed by atoms with Gasteiger partial charge in [0.15, 0.2) is 0 Å². The van der Waals surface area contributed by atoms with Crippen LogP contribution >= 0.6 is 0 Å². The van der Waals surface area contributed by atoms with Crippen molar-refractivity contribution < 1.29 is 0 Å². The fourth-order valence-corrected chi connectivity index (χ4v) is 9.99. The highest BCUT2D eigenvalue weighted by Crippen LogP contribution is 2.55. The molecule has 0 N–H and O–H groups in total. The van der Waals surface area contributed by atoms with E-state index in [1.54, 1.807) is 0 Å². The third-order valence-electron chi connectivity index (χ3n) is 12.7. The van der Waals surface area contributed by atoms with E-state index in [0.717, 1.165) is 11.4 Å². The second kappa shape index (κ2) is 13.1. The van der Waals surface area contributed by atoms with Crippen LogP contribution in [-0.2, 0) is 5.41 Å². The topological polar surface area (TPSA) is 8.17 Å². The van der Waals surface area contributed by atoms with Gasteiger partial charge in [0.05, 0.1) is 22.4 Å². The van der Waals surface area contributed by atoms with E-state index in [1.165, 1.54) is 77.3 Å². The number of rotatable bonds is 6. The molecular formula is C55H42N2. The summed E-state index contributed by atoms with van der Waals surface area (Å²) in [5.41, 5.74) is 14.8. The molecule has 0 saturated carbocycles. The Bertz CT molecular complexity index is 3000. The zero-order chi connectivity index (χ0) is 38.1. The number of hydrogen-bond acceptors (Lipinski definition) is 1. The highest BCUT2D eigenvalue weighted by atomic mass is 15.1. The number of fused-ring (bicyclic) bond motifs is 7. The molecule has 0 fully saturated rings. The maximum absolute atomic E-state index is 2.49. The largest absolute Gasteiger partial charge is 0.310 e. The molecule has 0 radical (unpaired) electrons. The van der Waals surface area contributed by atoms with Gasteiger partial charge in [-0.1, -0.05) is 172 Å². The van der Waals surface area contributed by atoms with Gasteiger partial charge in [0.2, 0.25) is 0 Å². The molecule has 8 aromatic carbocycles. The smallest absolute Gasteiger partial charge is 0.0546 e. The monoisotopic (exact) mass is 730 g/mol. The Kier molecular flexibility index (Phi) is 7.69. The second-order valence-corrected chi connectivity index (χ2v) is 16.1. The van der Waals surface area contributed by atoms with Crippen LogP contribution in [0.2, 0.25) is 0 Å². The van der Waals surface area contributed by atoms with Crippen molar-refractivity contribution in [2.24, 2.45) is 5.92 Å². The number of anilines is 3. The van der Waals surface area contributed by atoms with E-state index in [9.17, 15) is 0 Å². The Morgan fingerprint density at radius 3 is 1.91 bits per heavy atom. The zero-order valence-corrected chi connectivity index (χ0v) is 32.2. The summed E-state index contributed by atoms with van der Waals surface area (Å²) in [5, 5.41) is 5.00. The van der Waals surface area contributed by atoms with E-state index in [0.29, 0.717) is 11.8 Å². The summed E-state index contributed by atoms with van der Waals surface area (Å²) in [5.74, 6) is 0.794. The van der Waals surface area contributed by atoms with E-state index >= 15 is 0 Å². The van der Waals surface area contributed by atoms with Crippen molar-refractivity contribution >= 4 is 49.6 Å². The molecule has 0 saturated heterocycles. The summed E-state index contributed by atoms with van der Waals surface area (Å²) >= 11 is 0. The molecule has 2 heteroatoms. The van der Waals surface area contributed by atoms with Gasteiger partial charge in [0, 0.05) is 39.2 Å². The van der Waals surface area contributed by atoms with Gasteiger partial charge in [-0.2, -0.15) is 0 Å². The standard InChI is InChI=1S/C55H42N2/c1-55(2)48-24-12-8-21-44(48)47-36-41(33-34-49(47)55)56(53-35-30-37-16-6-7-20-43(37)54(53)39-17-4-3-5-18-39)40-31-28-38(29-32-40)42-19-9-13-25-50(42)57-51-26-14-10-22-45(51)46-23-11-15-27-52(46)57/h3-36,44,48H,1-2H3. The van der Waals surface area contributed by atoms with Gasteiger partial charge >= 0.3 is 0 Å². The normalized spacial score (nSPS) is 16.6. The van der Waals surface area contributed by atoms with Crippen LogP contribution in [0.5, 0.6) is 0 Å². The van der Waals surface area contributed by atoms with Gasteiger partial charge in [-0.25, -0.2) is 0 Å². The highest BCUT2D eigenvalue weighted by Gasteiger charge is 2.44. The fourth-order valence-electron chi connectivity index (χ4n) is 9.99. The van der Waals surface area contributed by atoms with Gasteiger partial charge in [-0.3, -0.25) is 0 Å². The Hall–Kier alpha value is -6.90. The first kappa shape index (κ1) is 33.4. The predicted octanol–water partition coefficient (Wildman–Crippen LogP) is 14.9. The van der Waals surface area contributed by atoms with E-state index < -0.39 is 0 Å². The minimum atomic E-state index is 0.0498. The summed E-state index contributed by atoms with van der Waals surface area (Å²) in [6.45, 7) is 4.81. The van der Waals surface area contributed by atoms with E-state index in [-0.39, 0.29) is 5.41 Å². The summed E-state index contributed by atoms with van der Waals surface area (Å²) in [4.78, 5) is 2.49. The summed E-state index contributed by atoms with van der Waals surface area (Å²) in [6.07, 6.45) is 9.27. The van der Waals surface area contributed by atoms with Crippen molar-refractivity contribution in [3.63, 3.8) is 0 Å². The average molecular weight is 731 g/mol. The number of nitrogens with zero attached hydrogens (tertiary/aromatic N) is 2. The van der Waals surface area contributed by atoms with Crippen molar-refractivity contribution in [2.75, 3.05) is 4.90 Å². The average Bonchev–Trinajstić information content (AvgIpc) is 3.72. The first-order valence-electron chi connectivity index (χ1n) is 20.1. The maximum atomic E-state index is 2.49. The van der Waals surface area contributed by atoms with Crippen LogP contribution in [0, 0.1) is 5.92 Å². The molecule has 272 valence electrons. The van der Waals surface area contributed by atoms with Crippen LogP contribution in [-0.4, -0.2) is 4.57 Å². The van der Waals surface area contributed by atoms with Crippen molar-refractivity contribution in [1.82, 2.24) is 4.57 Å². The molecule has 57 heavy (non-hydrogen) atoms. The number of allylic oxidation sites excluding steroid dienone is 4. The van der Waals surface area contributed by atoms with Crippen LogP contribution in [0.4, 0.5) is 17.1 Å². The van der Waals surface area contributed by atoms with E-state index in [4.69, 9.17) is 0 Å². The lowest BCUT2D eigenvalue weighted by atomic mass is 9.74. The molecule has 0 spiro atoms. The summed E-state index contributed by atoms with van der Waals surface area (Å²) in [6, 6.07) is 67.0. The molecule has 0 aliphatic heterocycles. The Balaban J connectivity index is 1.11. The molecule has 2 nitrogen and oxygen atoms in total. The third kappa shape index (κ3) is 5.25. The quantitative estimate of drug-likeness (QED) is 0.165. The SMILES string of the molecule is CC1(C)c2ccc(N(c3ccc(-c4ccccc4-n4c5ccccc5c5ccccc54)cc3)c3ccc4ccccc4c3-c3ccccc3)cc2C2C=CC=CC21. The minimum Gasteiger partial charge on any atom is -0.310 e. The number of benzene rings is 8. The molecular weight excluding hydrogens is 689 g/mol. The lowest BCUT2D eigenvalue weighted by Crippen LogP contribution is -2.24. The first-order valence-corrected chi connectivity index (χ1v) is 20.1. The van der Waals surface area contributed by atoms with Gasteiger partial charge in [-0.05, 0) is 92.9 Å². The molecule has 1 heterocycles. The lowest BCUT2D eigenvalue weighted by molar-refractivity contribution is 0.394. The van der Waals surface area contributed by atoms with Gasteiger partial charge in [0.25, 0.3) is 0 Å². The summed E-state index contributed by atoms with van der Waals surface area (Å²) in [7, 11) is 0. The van der Waals surface area contributed by atoms with Crippen LogP contribution in [0.15, 0.2) is 206 Å². The Labute approximate surface area is 334 Å². The summed E-state index contributed by atoms with van der Waals surface area (Å²) < 4.78 is 2.43.